The first-order chi connectivity index (χ1) is 13.0. The lowest BCUT2D eigenvalue weighted by atomic mass is 10.1. The summed E-state index contributed by atoms with van der Waals surface area (Å²) in [5.74, 6) is -0.903. The number of aromatic carboxylic acids is 1. The molecule has 1 saturated heterocycles. The maximum absolute atomic E-state index is 12.2. The van der Waals surface area contributed by atoms with Crippen LogP contribution in [0.15, 0.2) is 24.3 Å². The van der Waals surface area contributed by atoms with E-state index in [1.807, 2.05) is 0 Å². The van der Waals surface area contributed by atoms with E-state index in [1.54, 1.807) is 34.3 Å². The van der Waals surface area contributed by atoms with Gasteiger partial charge in [0, 0.05) is 19.5 Å². The standard InChI is InChI=1S/C21H32N2O4/c1-2-3-4-5-6-7-8-19(24)23-16-14-20(25)22(23)15-13-17-9-11-18(12-10-17)21(26)27/h9-12,19,24H,2-8,13-16H2,1H3,(H,26,27)/t19-/m0/s1. The molecule has 0 saturated carbocycles. The van der Waals surface area contributed by atoms with Gasteiger partial charge >= 0.3 is 5.97 Å². The first-order valence-corrected chi connectivity index (χ1v) is 10.1. The SMILES string of the molecule is CCCCCCCC[C@H](O)N1CCC(=O)N1CCc1ccc(C(=O)O)cc1. The average molecular weight is 376 g/mol. The molecular formula is C21H32N2O4. The zero-order chi connectivity index (χ0) is 19.6. The van der Waals surface area contributed by atoms with Gasteiger partial charge in [-0.25, -0.2) is 4.79 Å². The Bertz CT molecular complexity index is 603. The van der Waals surface area contributed by atoms with E-state index >= 15 is 0 Å². The summed E-state index contributed by atoms with van der Waals surface area (Å²) in [7, 11) is 0. The van der Waals surface area contributed by atoms with E-state index in [-0.39, 0.29) is 11.5 Å². The van der Waals surface area contributed by atoms with Gasteiger partial charge in [0.2, 0.25) is 5.91 Å². The van der Waals surface area contributed by atoms with Crippen molar-refractivity contribution >= 4 is 11.9 Å². The van der Waals surface area contributed by atoms with Gasteiger partial charge in [-0.3, -0.25) is 9.80 Å². The van der Waals surface area contributed by atoms with Gasteiger partial charge in [0.15, 0.2) is 0 Å². The van der Waals surface area contributed by atoms with Gasteiger partial charge in [0.25, 0.3) is 0 Å². The van der Waals surface area contributed by atoms with Crippen molar-refractivity contribution in [3.63, 3.8) is 0 Å². The van der Waals surface area contributed by atoms with Crippen molar-refractivity contribution in [1.29, 1.82) is 0 Å². The smallest absolute Gasteiger partial charge is 0.335 e. The molecule has 6 heteroatoms. The highest BCUT2D eigenvalue weighted by Crippen LogP contribution is 2.19. The Labute approximate surface area is 161 Å². The minimum absolute atomic E-state index is 0.0409. The van der Waals surface area contributed by atoms with Crippen molar-refractivity contribution in [2.45, 2.75) is 70.9 Å². The van der Waals surface area contributed by atoms with Crippen LogP contribution >= 0.6 is 0 Å². The van der Waals surface area contributed by atoms with Crippen LogP contribution < -0.4 is 0 Å². The second-order valence-corrected chi connectivity index (χ2v) is 7.22. The number of benzene rings is 1. The topological polar surface area (TPSA) is 81.1 Å². The first-order valence-electron chi connectivity index (χ1n) is 10.1. The molecule has 1 aromatic carbocycles. The summed E-state index contributed by atoms with van der Waals surface area (Å²) in [5.41, 5.74) is 1.23. The molecule has 6 nitrogen and oxygen atoms in total. The zero-order valence-corrected chi connectivity index (χ0v) is 16.3. The Morgan fingerprint density at radius 2 is 1.78 bits per heavy atom. The van der Waals surface area contributed by atoms with Crippen LogP contribution in [0.4, 0.5) is 0 Å². The number of carbonyl (C=O) groups is 2. The van der Waals surface area contributed by atoms with Gasteiger partial charge in [-0.15, -0.1) is 0 Å². The van der Waals surface area contributed by atoms with Gasteiger partial charge in [-0.05, 0) is 37.0 Å². The predicted molar refractivity (Wildman–Crippen MR) is 104 cm³/mol. The quantitative estimate of drug-likeness (QED) is 0.546. The Balaban J connectivity index is 1.79. The van der Waals surface area contributed by atoms with Crippen LogP contribution in [-0.4, -0.2) is 51.4 Å². The maximum atomic E-state index is 12.2. The summed E-state index contributed by atoms with van der Waals surface area (Å²) in [4.78, 5) is 23.1. The van der Waals surface area contributed by atoms with E-state index in [4.69, 9.17) is 5.11 Å². The third kappa shape index (κ3) is 6.63. The number of hydrazine groups is 1. The van der Waals surface area contributed by atoms with E-state index in [9.17, 15) is 14.7 Å². The molecule has 1 aliphatic rings. The van der Waals surface area contributed by atoms with Crippen LogP contribution in [0, 0.1) is 0 Å². The zero-order valence-electron chi connectivity index (χ0n) is 16.3. The Kier molecular flexibility index (Phi) is 8.75. The predicted octanol–water partition coefficient (Wildman–Crippen LogP) is 3.45. The largest absolute Gasteiger partial charge is 0.478 e. The minimum Gasteiger partial charge on any atom is -0.478 e. The monoisotopic (exact) mass is 376 g/mol. The molecule has 1 amide bonds. The normalized spacial score (nSPS) is 16.1. The van der Waals surface area contributed by atoms with Gasteiger partial charge < -0.3 is 10.2 Å². The lowest BCUT2D eigenvalue weighted by Crippen LogP contribution is -2.46. The number of carboxylic acid groups (broad SMARTS) is 1. The number of rotatable bonds is 12. The maximum Gasteiger partial charge on any atom is 0.335 e. The van der Waals surface area contributed by atoms with Gasteiger partial charge in [-0.2, -0.15) is 5.01 Å². The second-order valence-electron chi connectivity index (χ2n) is 7.22. The lowest BCUT2D eigenvalue weighted by molar-refractivity contribution is -0.155. The molecule has 150 valence electrons. The molecule has 1 fully saturated rings. The summed E-state index contributed by atoms with van der Waals surface area (Å²) in [6.07, 6.45) is 8.18. The Morgan fingerprint density at radius 1 is 1.11 bits per heavy atom. The van der Waals surface area contributed by atoms with Crippen molar-refractivity contribution < 1.29 is 19.8 Å². The number of aliphatic hydroxyl groups is 1. The highest BCUT2D eigenvalue weighted by Gasteiger charge is 2.32. The van der Waals surface area contributed by atoms with Gasteiger partial charge in [0.05, 0.1) is 5.56 Å². The number of carbonyl (C=O) groups excluding carboxylic acids is 1. The molecule has 2 N–H and O–H groups in total. The number of amides is 1. The van der Waals surface area contributed by atoms with E-state index in [0.29, 0.717) is 32.4 Å². The van der Waals surface area contributed by atoms with Crippen LogP contribution in [0.2, 0.25) is 0 Å². The second kappa shape index (κ2) is 11.0. The molecule has 0 aliphatic carbocycles. The van der Waals surface area contributed by atoms with Gasteiger partial charge in [0.1, 0.15) is 6.23 Å². The van der Waals surface area contributed by atoms with E-state index in [2.05, 4.69) is 6.92 Å². The van der Waals surface area contributed by atoms with E-state index < -0.39 is 12.2 Å². The fourth-order valence-corrected chi connectivity index (χ4v) is 3.47. The molecule has 1 aromatic rings. The molecule has 0 unspecified atom stereocenters. The number of unbranched alkanes of at least 4 members (excludes halogenated alkanes) is 5. The summed E-state index contributed by atoms with van der Waals surface area (Å²) in [6, 6.07) is 6.71. The first kappa shape index (κ1) is 21.4. The third-order valence-corrected chi connectivity index (χ3v) is 5.13. The molecule has 1 aliphatic heterocycles. The molecule has 0 aromatic heterocycles. The van der Waals surface area contributed by atoms with Crippen molar-refractivity contribution in [2.75, 3.05) is 13.1 Å². The van der Waals surface area contributed by atoms with Crippen molar-refractivity contribution in [3.8, 4) is 0 Å². The highest BCUT2D eigenvalue weighted by molar-refractivity contribution is 5.87. The van der Waals surface area contributed by atoms with Crippen LogP contribution in [0.5, 0.6) is 0 Å². The fourth-order valence-electron chi connectivity index (χ4n) is 3.47. The molecule has 1 heterocycles. The number of nitrogens with zero attached hydrogens (tertiary/aromatic N) is 2. The summed E-state index contributed by atoms with van der Waals surface area (Å²) in [5, 5.41) is 22.9. The van der Waals surface area contributed by atoms with Crippen LogP contribution in [0.3, 0.4) is 0 Å². The molecule has 1 atom stereocenters. The van der Waals surface area contributed by atoms with Crippen molar-refractivity contribution in [3.05, 3.63) is 35.4 Å². The van der Waals surface area contributed by atoms with E-state index in [1.165, 1.54) is 25.7 Å². The third-order valence-electron chi connectivity index (χ3n) is 5.13. The molecule has 2 rings (SSSR count). The minimum atomic E-state index is -0.944. The molecular weight excluding hydrogens is 344 g/mol. The number of carboxylic acids is 1. The molecule has 0 bridgehead atoms. The molecule has 27 heavy (non-hydrogen) atoms. The van der Waals surface area contributed by atoms with Crippen LogP contribution in [0.1, 0.15) is 74.2 Å². The molecule has 0 spiro atoms. The fraction of sp³-hybridized carbons (Fsp3) is 0.619. The average Bonchev–Trinajstić information content (AvgIpc) is 3.03. The Morgan fingerprint density at radius 3 is 2.44 bits per heavy atom. The number of hydrogen-bond donors (Lipinski definition) is 2. The summed E-state index contributed by atoms with van der Waals surface area (Å²) < 4.78 is 0. The van der Waals surface area contributed by atoms with E-state index in [0.717, 1.165) is 18.4 Å². The summed E-state index contributed by atoms with van der Waals surface area (Å²) >= 11 is 0. The van der Waals surface area contributed by atoms with Gasteiger partial charge in [-0.1, -0.05) is 51.2 Å². The number of hydrogen-bond acceptors (Lipinski definition) is 4. The highest BCUT2D eigenvalue weighted by atomic mass is 16.4. The van der Waals surface area contributed by atoms with Crippen molar-refractivity contribution in [2.24, 2.45) is 0 Å². The Hall–Kier alpha value is -1.92. The van der Waals surface area contributed by atoms with Crippen molar-refractivity contribution in [1.82, 2.24) is 10.0 Å². The summed E-state index contributed by atoms with van der Waals surface area (Å²) in [6.45, 7) is 3.26. The number of aliphatic hydroxyl groups excluding tert-OH is 1. The lowest BCUT2D eigenvalue weighted by Gasteiger charge is -2.32. The molecule has 0 radical (unpaired) electrons. The van der Waals surface area contributed by atoms with Crippen LogP contribution in [0.25, 0.3) is 0 Å². The van der Waals surface area contributed by atoms with Crippen LogP contribution in [-0.2, 0) is 11.2 Å².